The number of ether oxygens (including phenoxy) is 1. The first kappa shape index (κ1) is 27.6. The standard InChI is InChI=1S/C25H29F4N5O4/c1-24(2)9-17-21(18(35)10-24)22(25(27,28)29)33-34(17)13-7-15(26)20(23(31)37)16(8-13)32-12-3-5-14(6-4-12)38-19(36)11-30/h7-8,12,14,32H,3-6,9-11,30H2,1-2H3,(H2,31,37). The first-order valence-corrected chi connectivity index (χ1v) is 12.2. The van der Waals surface area contributed by atoms with E-state index in [-0.39, 0.29) is 48.6 Å². The lowest BCUT2D eigenvalue weighted by Gasteiger charge is -2.30. The molecular weight excluding hydrogens is 510 g/mol. The molecule has 1 saturated carbocycles. The van der Waals surface area contributed by atoms with Gasteiger partial charge in [-0.3, -0.25) is 14.4 Å². The van der Waals surface area contributed by atoms with Gasteiger partial charge in [0.05, 0.1) is 34.7 Å². The van der Waals surface area contributed by atoms with E-state index in [0.717, 1.165) is 10.7 Å². The maximum absolute atomic E-state index is 15.2. The van der Waals surface area contributed by atoms with Crippen LogP contribution in [0.1, 0.15) is 78.1 Å². The van der Waals surface area contributed by atoms with Gasteiger partial charge in [0.1, 0.15) is 11.9 Å². The number of esters is 1. The number of alkyl halides is 3. The third kappa shape index (κ3) is 5.52. The van der Waals surface area contributed by atoms with Gasteiger partial charge in [0.25, 0.3) is 5.91 Å². The minimum absolute atomic E-state index is 0.00546. The Morgan fingerprint density at radius 3 is 2.42 bits per heavy atom. The van der Waals surface area contributed by atoms with Crippen LogP contribution < -0.4 is 16.8 Å². The molecule has 1 amide bonds. The third-order valence-electron chi connectivity index (χ3n) is 6.88. The zero-order valence-corrected chi connectivity index (χ0v) is 21.0. The number of benzene rings is 1. The molecule has 0 saturated heterocycles. The Morgan fingerprint density at radius 2 is 1.84 bits per heavy atom. The maximum atomic E-state index is 15.2. The molecule has 206 valence electrons. The number of carbonyl (C=O) groups is 3. The SMILES string of the molecule is CC1(C)CC(=O)c2c(C(F)(F)F)nn(-c3cc(F)c(C(N)=O)c(NC4CCC(OC(=O)CN)CC4)c3)c2C1. The molecule has 0 radical (unpaired) electrons. The smallest absolute Gasteiger partial charge is 0.435 e. The maximum Gasteiger partial charge on any atom is 0.435 e. The Kier molecular flexibility index (Phi) is 7.26. The van der Waals surface area contributed by atoms with Crippen LogP contribution >= 0.6 is 0 Å². The van der Waals surface area contributed by atoms with Gasteiger partial charge in [0, 0.05) is 18.5 Å². The summed E-state index contributed by atoms with van der Waals surface area (Å²) in [5, 5.41) is 6.78. The summed E-state index contributed by atoms with van der Waals surface area (Å²) in [4.78, 5) is 36.3. The highest BCUT2D eigenvalue weighted by atomic mass is 19.4. The van der Waals surface area contributed by atoms with Crippen LogP contribution in [0.4, 0.5) is 23.2 Å². The van der Waals surface area contributed by atoms with Gasteiger partial charge in [-0.25, -0.2) is 9.07 Å². The number of hydrogen-bond donors (Lipinski definition) is 3. The highest BCUT2D eigenvalue weighted by Crippen LogP contribution is 2.42. The molecular formula is C25H29F4N5O4. The molecule has 1 aromatic carbocycles. The van der Waals surface area contributed by atoms with Crippen LogP contribution in [0.15, 0.2) is 12.1 Å². The van der Waals surface area contributed by atoms with E-state index >= 15 is 4.39 Å². The van der Waals surface area contributed by atoms with Crippen molar-refractivity contribution in [3.8, 4) is 5.69 Å². The number of ketones is 1. The van der Waals surface area contributed by atoms with Gasteiger partial charge < -0.3 is 21.5 Å². The zero-order chi connectivity index (χ0) is 28.0. The second-order valence-electron chi connectivity index (χ2n) is 10.5. The minimum atomic E-state index is -4.90. The normalized spacial score (nSPS) is 21.1. The van der Waals surface area contributed by atoms with Crippen LogP contribution in [-0.2, 0) is 22.1 Å². The lowest BCUT2D eigenvalue weighted by molar-refractivity contribution is -0.148. The predicted molar refractivity (Wildman–Crippen MR) is 128 cm³/mol. The predicted octanol–water partition coefficient (Wildman–Crippen LogP) is 3.51. The minimum Gasteiger partial charge on any atom is -0.461 e. The number of anilines is 1. The first-order valence-electron chi connectivity index (χ1n) is 12.2. The molecule has 2 aromatic rings. The number of aromatic nitrogens is 2. The van der Waals surface area contributed by atoms with Gasteiger partial charge in [-0.05, 0) is 43.6 Å². The molecule has 0 unspecified atom stereocenters. The van der Waals surface area contributed by atoms with E-state index in [9.17, 15) is 27.6 Å². The average molecular weight is 540 g/mol. The summed E-state index contributed by atoms with van der Waals surface area (Å²) in [5.41, 5.74) is 7.71. The van der Waals surface area contributed by atoms with Crippen molar-refractivity contribution in [1.82, 2.24) is 9.78 Å². The number of fused-ring (bicyclic) bond motifs is 1. The van der Waals surface area contributed by atoms with Gasteiger partial charge in [0.2, 0.25) is 0 Å². The highest BCUT2D eigenvalue weighted by molar-refractivity contribution is 6.01. The van der Waals surface area contributed by atoms with Crippen molar-refractivity contribution in [3.05, 3.63) is 40.5 Å². The number of carbonyl (C=O) groups excluding carboxylic acids is 3. The second kappa shape index (κ2) is 10.0. The highest BCUT2D eigenvalue weighted by Gasteiger charge is 2.45. The van der Waals surface area contributed by atoms with Crippen molar-refractivity contribution in [2.75, 3.05) is 11.9 Å². The van der Waals surface area contributed by atoms with E-state index in [2.05, 4.69) is 10.4 Å². The van der Waals surface area contributed by atoms with Gasteiger partial charge in [-0.2, -0.15) is 18.3 Å². The molecule has 38 heavy (non-hydrogen) atoms. The van der Waals surface area contributed by atoms with Crippen LogP contribution in [0.3, 0.4) is 0 Å². The van der Waals surface area contributed by atoms with E-state index in [0.29, 0.717) is 25.7 Å². The van der Waals surface area contributed by atoms with E-state index < -0.39 is 51.9 Å². The van der Waals surface area contributed by atoms with Crippen molar-refractivity contribution in [2.45, 2.75) is 70.7 Å². The largest absolute Gasteiger partial charge is 0.461 e. The van der Waals surface area contributed by atoms with Crippen LogP contribution in [-0.4, -0.2) is 46.1 Å². The van der Waals surface area contributed by atoms with E-state index in [1.807, 2.05) is 0 Å². The van der Waals surface area contributed by atoms with E-state index in [4.69, 9.17) is 16.2 Å². The fourth-order valence-electron chi connectivity index (χ4n) is 5.22. The van der Waals surface area contributed by atoms with Gasteiger partial charge >= 0.3 is 12.1 Å². The van der Waals surface area contributed by atoms with Crippen LogP contribution in [0.5, 0.6) is 0 Å². The van der Waals surface area contributed by atoms with Crippen molar-refractivity contribution in [1.29, 1.82) is 0 Å². The molecule has 0 aliphatic heterocycles. The monoisotopic (exact) mass is 539 g/mol. The fraction of sp³-hybridized carbons (Fsp3) is 0.520. The Bertz CT molecular complexity index is 1280. The van der Waals surface area contributed by atoms with Crippen molar-refractivity contribution in [2.24, 2.45) is 16.9 Å². The topological polar surface area (TPSA) is 142 Å². The number of nitrogens with one attached hydrogen (secondary N) is 1. The first-order chi connectivity index (χ1) is 17.7. The molecule has 0 spiro atoms. The zero-order valence-electron chi connectivity index (χ0n) is 21.0. The van der Waals surface area contributed by atoms with E-state index in [1.54, 1.807) is 13.8 Å². The van der Waals surface area contributed by atoms with Gasteiger partial charge in [-0.15, -0.1) is 0 Å². The number of Topliss-reactive ketones (excluding diaryl/α,β-unsaturated/α-hetero) is 1. The molecule has 5 N–H and O–H groups in total. The molecule has 9 nitrogen and oxygen atoms in total. The third-order valence-corrected chi connectivity index (χ3v) is 6.88. The quantitative estimate of drug-likeness (QED) is 0.377. The van der Waals surface area contributed by atoms with Crippen molar-refractivity contribution >= 4 is 23.3 Å². The van der Waals surface area contributed by atoms with Crippen molar-refractivity contribution < 1.29 is 36.7 Å². The second-order valence-corrected chi connectivity index (χ2v) is 10.5. The molecule has 1 heterocycles. The number of halogens is 4. The summed E-state index contributed by atoms with van der Waals surface area (Å²) in [5.74, 6) is -3.30. The molecule has 1 aromatic heterocycles. The number of nitrogens with zero attached hydrogens (tertiary/aromatic N) is 2. The lowest BCUT2D eigenvalue weighted by atomic mass is 9.75. The summed E-state index contributed by atoms with van der Waals surface area (Å²) in [6, 6.07) is 1.94. The van der Waals surface area contributed by atoms with Crippen molar-refractivity contribution in [3.63, 3.8) is 0 Å². The van der Waals surface area contributed by atoms with Crippen LogP contribution in [0, 0.1) is 11.2 Å². The molecule has 13 heteroatoms. The Balaban J connectivity index is 1.72. The molecule has 1 fully saturated rings. The Hall–Kier alpha value is -3.48. The summed E-state index contributed by atoms with van der Waals surface area (Å²) < 4.78 is 62.9. The van der Waals surface area contributed by atoms with E-state index in [1.165, 1.54) is 6.07 Å². The number of amides is 1. The lowest BCUT2D eigenvalue weighted by Crippen LogP contribution is -2.33. The molecule has 2 aliphatic rings. The number of nitrogens with two attached hydrogens (primary N) is 2. The molecule has 4 rings (SSSR count). The number of rotatable bonds is 6. The molecule has 2 aliphatic carbocycles. The number of primary amides is 1. The summed E-state index contributed by atoms with van der Waals surface area (Å²) in [7, 11) is 0. The van der Waals surface area contributed by atoms with Crippen LogP contribution in [0.2, 0.25) is 0 Å². The molecule has 0 atom stereocenters. The average Bonchev–Trinajstić information content (AvgIpc) is 3.19. The number of hydrogen-bond acceptors (Lipinski definition) is 7. The van der Waals surface area contributed by atoms with Gasteiger partial charge in [0.15, 0.2) is 11.5 Å². The Morgan fingerprint density at radius 1 is 1.18 bits per heavy atom. The van der Waals surface area contributed by atoms with Crippen LogP contribution in [0.25, 0.3) is 5.69 Å². The summed E-state index contributed by atoms with van der Waals surface area (Å²) in [6.45, 7) is 3.27. The van der Waals surface area contributed by atoms with Gasteiger partial charge in [-0.1, -0.05) is 13.8 Å². The summed E-state index contributed by atoms with van der Waals surface area (Å²) in [6.07, 6.45) is -3.20. The summed E-state index contributed by atoms with van der Waals surface area (Å²) >= 11 is 0. The Labute approximate surface area is 215 Å². The fourth-order valence-corrected chi connectivity index (χ4v) is 5.22. The molecule has 0 bridgehead atoms.